The molecule has 2 aliphatic heterocycles. The van der Waals surface area contributed by atoms with E-state index in [1.54, 1.807) is 0 Å². The minimum absolute atomic E-state index is 0.00982. The molecule has 0 fully saturated rings. The SMILES string of the molecule is CC(C)(C)c1ccc(-c2cc3c4c(c2)N(c2ccc(C(C)(C)C)cc2)c2oc5c(oc6ccccc65)c2B4c2cc(C(C)(C)C)ccc2N3c2ccc(C(C)(C)C)cc2)cc1. The Labute approximate surface area is 362 Å². The third-order valence-electron chi connectivity index (χ3n) is 13.1. The second kappa shape index (κ2) is 13.3. The van der Waals surface area contributed by atoms with Crippen LogP contribution in [0.1, 0.15) is 105 Å². The van der Waals surface area contributed by atoms with E-state index in [9.17, 15) is 0 Å². The van der Waals surface area contributed by atoms with E-state index in [0.29, 0.717) is 0 Å². The van der Waals surface area contributed by atoms with Crippen molar-refractivity contribution in [3.63, 3.8) is 0 Å². The number of benzene rings is 6. The van der Waals surface area contributed by atoms with Crippen LogP contribution in [0.2, 0.25) is 0 Å². The van der Waals surface area contributed by atoms with Gasteiger partial charge in [0, 0.05) is 33.9 Å². The molecule has 0 atom stereocenters. The summed E-state index contributed by atoms with van der Waals surface area (Å²) in [6.07, 6.45) is 0. The zero-order valence-electron chi connectivity index (χ0n) is 37.9. The average Bonchev–Trinajstić information content (AvgIpc) is 3.76. The maximum Gasteiger partial charge on any atom is 0.261 e. The van der Waals surface area contributed by atoms with E-state index >= 15 is 0 Å². The molecule has 306 valence electrons. The number of rotatable bonds is 3. The molecular formula is C56H57BN2O2. The quantitative estimate of drug-likeness (QED) is 0.167. The van der Waals surface area contributed by atoms with Gasteiger partial charge in [0.05, 0.1) is 5.39 Å². The number of hydrogen-bond donors (Lipinski definition) is 0. The lowest BCUT2D eigenvalue weighted by Crippen LogP contribution is -2.61. The lowest BCUT2D eigenvalue weighted by Gasteiger charge is -2.43. The lowest BCUT2D eigenvalue weighted by molar-refractivity contribution is 0.590. The van der Waals surface area contributed by atoms with Gasteiger partial charge in [-0.15, -0.1) is 0 Å². The van der Waals surface area contributed by atoms with Gasteiger partial charge in [-0.25, -0.2) is 0 Å². The Bertz CT molecular complexity index is 2990. The standard InChI is InChI=1S/C56H57BN2O2/c1-53(2,3)36-19-17-34(18-20-36)35-31-45-48-46(32-35)59(41-28-23-38(24-29-41)55(7,8)9)52-49(51-50(61-52)42-15-13-14-16-47(42)60-51)57(48)43-33-39(56(10,11)12)25-30-44(43)58(45)40-26-21-37(22-27-40)54(4,5)6/h13-33H,1-12H3. The van der Waals surface area contributed by atoms with E-state index in [1.165, 1.54) is 44.4 Å². The fourth-order valence-corrected chi connectivity index (χ4v) is 9.49. The highest BCUT2D eigenvalue weighted by molar-refractivity contribution is 7.01. The van der Waals surface area contributed by atoms with E-state index in [0.717, 1.165) is 61.8 Å². The summed E-state index contributed by atoms with van der Waals surface area (Å²) in [4.78, 5) is 4.88. The Morgan fingerprint density at radius 1 is 0.410 bits per heavy atom. The zero-order valence-corrected chi connectivity index (χ0v) is 37.9. The molecule has 2 aromatic heterocycles. The first-order valence-corrected chi connectivity index (χ1v) is 22.0. The minimum atomic E-state index is -0.161. The molecule has 0 aliphatic carbocycles. The smallest absolute Gasteiger partial charge is 0.261 e. The summed E-state index contributed by atoms with van der Waals surface area (Å²) in [7, 11) is 0. The maximum atomic E-state index is 7.25. The van der Waals surface area contributed by atoms with Crippen molar-refractivity contribution in [2.45, 2.75) is 105 Å². The number of nitrogens with zero attached hydrogens (tertiary/aromatic N) is 2. The Hall–Kier alpha value is -5.94. The molecule has 0 spiro atoms. The summed E-state index contributed by atoms with van der Waals surface area (Å²) < 4.78 is 14.2. The second-order valence-corrected chi connectivity index (χ2v) is 21.6. The van der Waals surface area contributed by atoms with Gasteiger partial charge in [0.25, 0.3) is 6.71 Å². The van der Waals surface area contributed by atoms with E-state index in [-0.39, 0.29) is 28.4 Å². The fourth-order valence-electron chi connectivity index (χ4n) is 9.49. The van der Waals surface area contributed by atoms with Gasteiger partial charge < -0.3 is 13.7 Å². The molecule has 0 bridgehead atoms. The average molecular weight is 801 g/mol. The third kappa shape index (κ3) is 6.34. The van der Waals surface area contributed by atoms with Crippen LogP contribution in [0.5, 0.6) is 0 Å². The fraction of sp³-hybridized carbons (Fsp3) is 0.286. The van der Waals surface area contributed by atoms with Crippen LogP contribution in [0.25, 0.3) is 33.3 Å². The topological polar surface area (TPSA) is 32.8 Å². The van der Waals surface area contributed by atoms with Gasteiger partial charge in [0.1, 0.15) is 5.58 Å². The molecule has 8 aromatic rings. The molecule has 5 heteroatoms. The number of furan rings is 2. The van der Waals surface area contributed by atoms with Crippen molar-refractivity contribution in [2.75, 3.05) is 9.80 Å². The van der Waals surface area contributed by atoms with E-state index in [4.69, 9.17) is 8.83 Å². The molecule has 4 heterocycles. The molecule has 4 nitrogen and oxygen atoms in total. The molecular weight excluding hydrogens is 743 g/mol. The normalized spacial score (nSPS) is 14.1. The highest BCUT2D eigenvalue weighted by Crippen LogP contribution is 2.49. The van der Waals surface area contributed by atoms with Gasteiger partial charge in [0.2, 0.25) is 5.88 Å². The van der Waals surface area contributed by atoms with Gasteiger partial charge in [-0.1, -0.05) is 156 Å². The minimum Gasteiger partial charge on any atom is -0.453 e. The molecule has 10 rings (SSSR count). The Kier molecular flexibility index (Phi) is 8.54. The first-order valence-electron chi connectivity index (χ1n) is 22.0. The zero-order chi connectivity index (χ0) is 43.0. The first kappa shape index (κ1) is 39.2. The largest absolute Gasteiger partial charge is 0.453 e. The van der Waals surface area contributed by atoms with Crippen LogP contribution in [-0.4, -0.2) is 6.71 Å². The van der Waals surface area contributed by atoms with Crippen LogP contribution in [0, 0.1) is 0 Å². The predicted molar refractivity (Wildman–Crippen MR) is 260 cm³/mol. The molecule has 2 aliphatic rings. The molecule has 61 heavy (non-hydrogen) atoms. The molecule has 6 aromatic carbocycles. The summed E-state index contributed by atoms with van der Waals surface area (Å²) in [6, 6.07) is 47.8. The number of anilines is 6. The van der Waals surface area contributed by atoms with Gasteiger partial charge >= 0.3 is 0 Å². The van der Waals surface area contributed by atoms with Crippen LogP contribution in [0.15, 0.2) is 136 Å². The van der Waals surface area contributed by atoms with Crippen LogP contribution >= 0.6 is 0 Å². The summed E-state index contributed by atoms with van der Waals surface area (Å²) in [5.41, 5.74) is 19.1. The monoisotopic (exact) mass is 800 g/mol. The second-order valence-electron chi connectivity index (χ2n) is 21.6. The van der Waals surface area contributed by atoms with Crippen LogP contribution in [0.3, 0.4) is 0 Å². The third-order valence-corrected chi connectivity index (χ3v) is 13.1. The van der Waals surface area contributed by atoms with E-state index in [1.807, 2.05) is 6.07 Å². The lowest BCUT2D eigenvalue weighted by atomic mass is 9.33. The molecule has 0 unspecified atom stereocenters. The van der Waals surface area contributed by atoms with Crippen molar-refractivity contribution in [3.8, 4) is 11.1 Å². The van der Waals surface area contributed by atoms with Crippen LogP contribution < -0.4 is 26.2 Å². The molecule has 0 saturated heterocycles. The van der Waals surface area contributed by atoms with Gasteiger partial charge in [0.15, 0.2) is 11.2 Å². The molecule has 0 saturated carbocycles. The van der Waals surface area contributed by atoms with Gasteiger partial charge in [-0.3, -0.25) is 4.90 Å². The van der Waals surface area contributed by atoms with Crippen molar-refractivity contribution >= 4 is 79.6 Å². The van der Waals surface area contributed by atoms with Crippen molar-refractivity contribution in [2.24, 2.45) is 0 Å². The maximum absolute atomic E-state index is 7.25. The van der Waals surface area contributed by atoms with Gasteiger partial charge in [-0.05, 0) is 121 Å². The molecule has 0 amide bonds. The van der Waals surface area contributed by atoms with Crippen molar-refractivity contribution in [3.05, 3.63) is 150 Å². The highest BCUT2D eigenvalue weighted by atomic mass is 16.4. The van der Waals surface area contributed by atoms with Crippen LogP contribution in [0.4, 0.5) is 34.3 Å². The summed E-state index contributed by atoms with van der Waals surface area (Å²) in [5.74, 6) is 0.807. The number of fused-ring (bicyclic) bond motifs is 8. The van der Waals surface area contributed by atoms with Crippen molar-refractivity contribution in [1.82, 2.24) is 0 Å². The summed E-state index contributed by atoms with van der Waals surface area (Å²) in [5, 5.41) is 0.985. The van der Waals surface area contributed by atoms with Gasteiger partial charge in [-0.2, -0.15) is 0 Å². The van der Waals surface area contributed by atoms with Crippen molar-refractivity contribution < 1.29 is 8.83 Å². The Balaban J connectivity index is 1.33. The Morgan fingerprint density at radius 2 is 0.902 bits per heavy atom. The van der Waals surface area contributed by atoms with Crippen LogP contribution in [-0.2, 0) is 21.7 Å². The van der Waals surface area contributed by atoms with Crippen molar-refractivity contribution in [1.29, 1.82) is 0 Å². The predicted octanol–water partition coefficient (Wildman–Crippen LogP) is 14.1. The highest BCUT2D eigenvalue weighted by Gasteiger charge is 2.48. The summed E-state index contributed by atoms with van der Waals surface area (Å²) >= 11 is 0. The van der Waals surface area contributed by atoms with E-state index < -0.39 is 0 Å². The molecule has 0 N–H and O–H groups in total. The number of para-hydroxylation sites is 1. The van der Waals surface area contributed by atoms with E-state index in [2.05, 4.69) is 214 Å². The number of hydrogen-bond acceptors (Lipinski definition) is 4. The first-order chi connectivity index (χ1) is 28.8. The molecule has 0 radical (unpaired) electrons. The Morgan fingerprint density at radius 3 is 1.46 bits per heavy atom. The summed E-state index contributed by atoms with van der Waals surface area (Å²) in [6.45, 7) is 27.3.